The number of ether oxygens (including phenoxy) is 1. The van der Waals surface area contributed by atoms with Crippen LogP contribution >= 0.6 is 27.5 Å². The molecule has 1 N–H and O–H groups in total. The fourth-order valence-corrected chi connectivity index (χ4v) is 3.00. The Morgan fingerprint density at radius 1 is 1.60 bits per heavy atom. The number of carbonyl (C=O) groups excluding carboxylic acids is 1. The fourth-order valence-electron chi connectivity index (χ4n) is 2.22. The van der Waals surface area contributed by atoms with Gasteiger partial charge in [-0.1, -0.05) is 11.6 Å². The van der Waals surface area contributed by atoms with Crippen molar-refractivity contribution in [3.05, 3.63) is 27.7 Å². The molecule has 1 fully saturated rings. The lowest BCUT2D eigenvalue weighted by atomic mass is 10.1. The Morgan fingerprint density at radius 3 is 3.00 bits per heavy atom. The van der Waals surface area contributed by atoms with Gasteiger partial charge in [0.25, 0.3) is 5.91 Å². The molecule has 1 aliphatic rings. The molecule has 0 bridgehead atoms. The Bertz CT molecular complexity index is 497. The summed E-state index contributed by atoms with van der Waals surface area (Å²) in [6.07, 6.45) is 0.548. The van der Waals surface area contributed by atoms with Gasteiger partial charge in [0.1, 0.15) is 5.75 Å². The van der Waals surface area contributed by atoms with Gasteiger partial charge in [-0.05, 0) is 53.9 Å². The lowest BCUT2D eigenvalue weighted by Gasteiger charge is -2.32. The first kappa shape index (κ1) is 15.6. The van der Waals surface area contributed by atoms with Crippen molar-refractivity contribution in [2.45, 2.75) is 32.0 Å². The molecule has 0 saturated carbocycles. The van der Waals surface area contributed by atoms with E-state index in [2.05, 4.69) is 15.9 Å². The van der Waals surface area contributed by atoms with E-state index in [-0.39, 0.29) is 5.91 Å². The van der Waals surface area contributed by atoms with E-state index >= 15 is 0 Å². The zero-order valence-electron chi connectivity index (χ0n) is 11.2. The third-order valence-electron chi connectivity index (χ3n) is 3.25. The van der Waals surface area contributed by atoms with Crippen LogP contribution in [0.1, 0.15) is 19.8 Å². The summed E-state index contributed by atoms with van der Waals surface area (Å²) in [5, 5.41) is 10.2. The van der Waals surface area contributed by atoms with Gasteiger partial charge in [-0.3, -0.25) is 4.79 Å². The molecule has 4 nitrogen and oxygen atoms in total. The van der Waals surface area contributed by atoms with Gasteiger partial charge in [0.05, 0.1) is 10.6 Å². The van der Waals surface area contributed by atoms with Crippen molar-refractivity contribution in [1.29, 1.82) is 0 Å². The summed E-state index contributed by atoms with van der Waals surface area (Å²) >= 11 is 9.22. The Labute approximate surface area is 131 Å². The van der Waals surface area contributed by atoms with Crippen LogP contribution in [0.25, 0.3) is 0 Å². The SMILES string of the molecule is CC(Oc1ccc(Cl)cc1Br)C(=O)N1CCC[C@H](O)C1. The van der Waals surface area contributed by atoms with E-state index in [9.17, 15) is 9.90 Å². The van der Waals surface area contributed by atoms with Crippen LogP contribution in [0.4, 0.5) is 0 Å². The molecule has 1 heterocycles. The largest absolute Gasteiger partial charge is 0.480 e. The third-order valence-corrected chi connectivity index (χ3v) is 4.11. The van der Waals surface area contributed by atoms with E-state index in [0.29, 0.717) is 28.3 Å². The van der Waals surface area contributed by atoms with Crippen molar-refractivity contribution in [1.82, 2.24) is 4.90 Å². The summed E-state index contributed by atoms with van der Waals surface area (Å²) in [4.78, 5) is 13.9. The molecule has 1 unspecified atom stereocenters. The molecule has 2 rings (SSSR count). The minimum absolute atomic E-state index is 0.106. The van der Waals surface area contributed by atoms with E-state index in [4.69, 9.17) is 16.3 Å². The number of piperidine rings is 1. The van der Waals surface area contributed by atoms with Crippen molar-refractivity contribution < 1.29 is 14.6 Å². The number of amides is 1. The van der Waals surface area contributed by atoms with Crippen LogP contribution in [0.15, 0.2) is 22.7 Å². The summed E-state index contributed by atoms with van der Waals surface area (Å²) in [5.41, 5.74) is 0. The van der Waals surface area contributed by atoms with Crippen molar-refractivity contribution in [3.63, 3.8) is 0 Å². The van der Waals surface area contributed by atoms with E-state index in [1.165, 1.54) is 0 Å². The van der Waals surface area contributed by atoms with Gasteiger partial charge in [0.15, 0.2) is 6.10 Å². The van der Waals surface area contributed by atoms with Crippen molar-refractivity contribution >= 4 is 33.4 Å². The van der Waals surface area contributed by atoms with Gasteiger partial charge in [0, 0.05) is 18.1 Å². The van der Waals surface area contributed by atoms with Gasteiger partial charge >= 0.3 is 0 Å². The molecule has 0 spiro atoms. The molecule has 1 amide bonds. The Kier molecular flexibility index (Phi) is 5.29. The van der Waals surface area contributed by atoms with E-state index < -0.39 is 12.2 Å². The topological polar surface area (TPSA) is 49.8 Å². The third kappa shape index (κ3) is 3.87. The molecule has 0 aromatic heterocycles. The van der Waals surface area contributed by atoms with Crippen LogP contribution in [0.2, 0.25) is 5.02 Å². The molecule has 1 saturated heterocycles. The maximum Gasteiger partial charge on any atom is 0.263 e. The summed E-state index contributed by atoms with van der Waals surface area (Å²) in [7, 11) is 0. The number of aliphatic hydroxyl groups is 1. The summed E-state index contributed by atoms with van der Waals surface area (Å²) in [6.45, 7) is 2.77. The quantitative estimate of drug-likeness (QED) is 0.899. The van der Waals surface area contributed by atoms with Crippen molar-refractivity contribution in [3.8, 4) is 5.75 Å². The van der Waals surface area contributed by atoms with Crippen molar-refractivity contribution in [2.75, 3.05) is 13.1 Å². The first-order valence-electron chi connectivity index (χ1n) is 6.56. The highest BCUT2D eigenvalue weighted by atomic mass is 79.9. The number of benzene rings is 1. The molecule has 20 heavy (non-hydrogen) atoms. The molecule has 1 aliphatic heterocycles. The summed E-state index contributed by atoms with van der Waals surface area (Å²) in [5.74, 6) is 0.471. The Balaban J connectivity index is 2.00. The monoisotopic (exact) mass is 361 g/mol. The molecular formula is C14H17BrClNO3. The molecule has 0 aliphatic carbocycles. The van der Waals surface area contributed by atoms with Crippen LogP contribution in [0.5, 0.6) is 5.75 Å². The molecule has 1 aromatic rings. The highest BCUT2D eigenvalue weighted by molar-refractivity contribution is 9.10. The number of hydrogen-bond acceptors (Lipinski definition) is 3. The minimum atomic E-state index is -0.599. The van der Waals surface area contributed by atoms with Crippen LogP contribution in [-0.2, 0) is 4.79 Å². The minimum Gasteiger partial charge on any atom is -0.480 e. The maximum atomic E-state index is 12.3. The fraction of sp³-hybridized carbons (Fsp3) is 0.500. The zero-order valence-corrected chi connectivity index (χ0v) is 13.5. The van der Waals surface area contributed by atoms with Gasteiger partial charge in [-0.2, -0.15) is 0 Å². The first-order valence-corrected chi connectivity index (χ1v) is 7.73. The summed E-state index contributed by atoms with van der Waals surface area (Å²) in [6, 6.07) is 5.16. The number of halogens is 2. The smallest absolute Gasteiger partial charge is 0.263 e. The highest BCUT2D eigenvalue weighted by Crippen LogP contribution is 2.29. The first-order chi connectivity index (χ1) is 9.47. The van der Waals surface area contributed by atoms with Crippen LogP contribution in [-0.4, -0.2) is 41.2 Å². The van der Waals surface area contributed by atoms with Gasteiger partial charge in [0.2, 0.25) is 0 Å². The molecule has 6 heteroatoms. The number of aliphatic hydroxyl groups excluding tert-OH is 1. The molecule has 0 radical (unpaired) electrons. The number of hydrogen-bond donors (Lipinski definition) is 1. The standard InChI is InChI=1S/C14H17BrClNO3/c1-9(14(19)17-6-2-3-11(18)8-17)20-13-5-4-10(16)7-12(13)15/h4-5,7,9,11,18H,2-3,6,8H2,1H3/t9?,11-/m0/s1. The maximum absolute atomic E-state index is 12.3. The number of likely N-dealkylation sites (tertiary alicyclic amines) is 1. The molecule has 2 atom stereocenters. The molecule has 1 aromatic carbocycles. The molecule has 110 valence electrons. The van der Waals surface area contributed by atoms with Crippen LogP contribution < -0.4 is 4.74 Å². The van der Waals surface area contributed by atoms with E-state index in [0.717, 1.165) is 12.8 Å². The Hall–Kier alpha value is -0.780. The lowest BCUT2D eigenvalue weighted by molar-refractivity contribution is -0.141. The Morgan fingerprint density at radius 2 is 2.35 bits per heavy atom. The predicted octanol–water partition coefficient (Wildman–Crippen LogP) is 2.85. The lowest BCUT2D eigenvalue weighted by Crippen LogP contribution is -2.47. The number of rotatable bonds is 3. The van der Waals surface area contributed by atoms with E-state index in [1.54, 1.807) is 30.0 Å². The number of β-amino-alcohol motifs (C(OH)–C–C–N with tert-alkyl or cyclic N) is 1. The van der Waals surface area contributed by atoms with Gasteiger partial charge < -0.3 is 14.7 Å². The highest BCUT2D eigenvalue weighted by Gasteiger charge is 2.27. The second kappa shape index (κ2) is 6.78. The predicted molar refractivity (Wildman–Crippen MR) is 81.1 cm³/mol. The second-order valence-electron chi connectivity index (χ2n) is 4.92. The number of carbonyl (C=O) groups is 1. The van der Waals surface area contributed by atoms with Crippen LogP contribution in [0, 0.1) is 0 Å². The zero-order chi connectivity index (χ0) is 14.7. The normalized spacial score (nSPS) is 20.6. The second-order valence-corrected chi connectivity index (χ2v) is 6.21. The average Bonchev–Trinajstić information content (AvgIpc) is 2.41. The van der Waals surface area contributed by atoms with Crippen LogP contribution in [0.3, 0.4) is 0 Å². The summed E-state index contributed by atoms with van der Waals surface area (Å²) < 4.78 is 6.38. The van der Waals surface area contributed by atoms with E-state index in [1.807, 2.05) is 0 Å². The molecular weight excluding hydrogens is 346 g/mol. The number of nitrogens with zero attached hydrogens (tertiary/aromatic N) is 1. The van der Waals surface area contributed by atoms with Gasteiger partial charge in [-0.15, -0.1) is 0 Å². The van der Waals surface area contributed by atoms with Gasteiger partial charge in [-0.25, -0.2) is 0 Å². The van der Waals surface area contributed by atoms with Crippen molar-refractivity contribution in [2.24, 2.45) is 0 Å². The average molecular weight is 363 g/mol.